The van der Waals surface area contributed by atoms with Crippen molar-refractivity contribution in [1.29, 1.82) is 0 Å². The van der Waals surface area contributed by atoms with Crippen LogP contribution in [0.5, 0.6) is 5.75 Å². The van der Waals surface area contributed by atoms with Crippen LogP contribution in [0.3, 0.4) is 0 Å². The van der Waals surface area contributed by atoms with Crippen LogP contribution in [-0.2, 0) is 17.8 Å². The fourth-order valence-corrected chi connectivity index (χ4v) is 2.52. The molecule has 1 heterocycles. The topological polar surface area (TPSA) is 97.0 Å². The number of carbonyl (C=O) groups excluding carboxylic acids is 1. The summed E-state index contributed by atoms with van der Waals surface area (Å²) in [5.41, 5.74) is 1.65. The Labute approximate surface area is 156 Å². The maximum Gasteiger partial charge on any atom is 0.273 e. The highest BCUT2D eigenvalue weighted by Crippen LogP contribution is 2.17. The van der Waals surface area contributed by atoms with Crippen molar-refractivity contribution >= 4 is 5.91 Å². The first-order chi connectivity index (χ1) is 13.2. The molecule has 0 radical (unpaired) electrons. The molecule has 7 heteroatoms. The van der Waals surface area contributed by atoms with Gasteiger partial charge in [-0.25, -0.2) is 0 Å². The van der Waals surface area contributed by atoms with E-state index in [4.69, 9.17) is 4.74 Å². The molecule has 7 nitrogen and oxygen atoms in total. The first-order valence-electron chi connectivity index (χ1n) is 8.56. The van der Waals surface area contributed by atoms with Gasteiger partial charge in [-0.05, 0) is 29.8 Å². The van der Waals surface area contributed by atoms with E-state index in [1.54, 1.807) is 31.4 Å². The Balaban J connectivity index is 1.57. The number of carbonyl (C=O) groups is 1. The maximum atomic E-state index is 12.2. The molecule has 2 N–H and O–H groups in total. The number of H-pyrrole nitrogens is 1. The van der Waals surface area contributed by atoms with Crippen LogP contribution < -0.4 is 15.6 Å². The predicted octanol–water partition coefficient (Wildman–Crippen LogP) is 2.09. The molecular formula is C20H20N4O3. The molecule has 138 valence electrons. The van der Waals surface area contributed by atoms with Crippen LogP contribution in [0.15, 0.2) is 59.4 Å². The maximum absolute atomic E-state index is 12.2. The molecule has 27 heavy (non-hydrogen) atoms. The third-order valence-electron chi connectivity index (χ3n) is 4.05. The van der Waals surface area contributed by atoms with E-state index in [-0.39, 0.29) is 30.0 Å². The first-order valence-corrected chi connectivity index (χ1v) is 8.56. The zero-order valence-corrected chi connectivity index (χ0v) is 14.9. The van der Waals surface area contributed by atoms with E-state index in [0.717, 1.165) is 11.1 Å². The molecule has 0 saturated heterocycles. The average molecular weight is 364 g/mol. The standard InChI is InChI=1S/C20H20N4O3/c1-27-16-9-7-15(8-10-16)19-22-20(26)17(23-24-19)11-12-18(25)21-13-14-5-3-2-4-6-14/h2-10H,11-13H2,1H3,(H,21,25)(H,22,24,26). The number of aromatic nitrogens is 3. The zero-order valence-electron chi connectivity index (χ0n) is 14.9. The van der Waals surface area contributed by atoms with Gasteiger partial charge in [-0.2, -0.15) is 0 Å². The summed E-state index contributed by atoms with van der Waals surface area (Å²) in [6.07, 6.45) is 0.401. The van der Waals surface area contributed by atoms with Gasteiger partial charge in [0.15, 0.2) is 5.82 Å². The Hall–Kier alpha value is -3.48. The molecule has 1 amide bonds. The molecule has 0 fully saturated rings. The quantitative estimate of drug-likeness (QED) is 0.669. The van der Waals surface area contributed by atoms with E-state index in [1.807, 2.05) is 30.3 Å². The summed E-state index contributed by atoms with van der Waals surface area (Å²) in [6, 6.07) is 16.8. The largest absolute Gasteiger partial charge is 0.497 e. The van der Waals surface area contributed by atoms with E-state index in [2.05, 4.69) is 20.5 Å². The number of hydrogen-bond donors (Lipinski definition) is 2. The minimum atomic E-state index is -0.341. The van der Waals surface area contributed by atoms with Crippen LogP contribution in [0.2, 0.25) is 0 Å². The lowest BCUT2D eigenvalue weighted by atomic mass is 10.2. The predicted molar refractivity (Wildman–Crippen MR) is 101 cm³/mol. The number of aryl methyl sites for hydroxylation is 1. The van der Waals surface area contributed by atoms with Crippen molar-refractivity contribution in [2.75, 3.05) is 7.11 Å². The number of nitrogens with zero attached hydrogens (tertiary/aromatic N) is 2. The first kappa shape index (κ1) is 18.3. The van der Waals surface area contributed by atoms with Crippen LogP contribution in [0.25, 0.3) is 11.4 Å². The van der Waals surface area contributed by atoms with Crippen molar-refractivity contribution in [2.45, 2.75) is 19.4 Å². The highest BCUT2D eigenvalue weighted by molar-refractivity contribution is 5.76. The van der Waals surface area contributed by atoms with Crippen LogP contribution in [0, 0.1) is 0 Å². The van der Waals surface area contributed by atoms with Crippen LogP contribution in [0.4, 0.5) is 0 Å². The lowest BCUT2D eigenvalue weighted by Crippen LogP contribution is -2.25. The Morgan fingerprint density at radius 2 is 1.81 bits per heavy atom. The van der Waals surface area contributed by atoms with Gasteiger partial charge in [0.25, 0.3) is 5.56 Å². The van der Waals surface area contributed by atoms with Gasteiger partial charge >= 0.3 is 0 Å². The molecule has 0 aliphatic carbocycles. The highest BCUT2D eigenvalue weighted by atomic mass is 16.5. The SMILES string of the molecule is COc1ccc(-c2nnc(CCC(=O)NCc3ccccc3)c(=O)[nH]2)cc1. The number of rotatable bonds is 7. The molecule has 0 atom stereocenters. The number of aromatic amines is 1. The van der Waals surface area contributed by atoms with Gasteiger partial charge in [0.05, 0.1) is 7.11 Å². The fraction of sp³-hybridized carbons (Fsp3) is 0.200. The summed E-state index contributed by atoms with van der Waals surface area (Å²) in [6.45, 7) is 0.456. The van der Waals surface area contributed by atoms with Crippen molar-refractivity contribution in [3.63, 3.8) is 0 Å². The molecule has 0 unspecified atom stereocenters. The van der Waals surface area contributed by atoms with Gasteiger partial charge in [0.2, 0.25) is 5.91 Å². The Bertz CT molecular complexity index is 953. The van der Waals surface area contributed by atoms with Crippen molar-refractivity contribution in [3.05, 3.63) is 76.2 Å². The van der Waals surface area contributed by atoms with Gasteiger partial charge in [-0.15, -0.1) is 10.2 Å². The van der Waals surface area contributed by atoms with E-state index >= 15 is 0 Å². The molecule has 0 bridgehead atoms. The second-order valence-corrected chi connectivity index (χ2v) is 5.94. The number of hydrogen-bond acceptors (Lipinski definition) is 5. The van der Waals surface area contributed by atoms with Crippen molar-refractivity contribution < 1.29 is 9.53 Å². The highest BCUT2D eigenvalue weighted by Gasteiger charge is 2.09. The van der Waals surface area contributed by atoms with Gasteiger partial charge in [0.1, 0.15) is 11.4 Å². The summed E-state index contributed by atoms with van der Waals surface area (Å²) < 4.78 is 5.10. The number of nitrogens with one attached hydrogen (secondary N) is 2. The van der Waals surface area contributed by atoms with E-state index in [0.29, 0.717) is 18.1 Å². The third-order valence-corrected chi connectivity index (χ3v) is 4.05. The van der Waals surface area contributed by atoms with E-state index in [9.17, 15) is 9.59 Å². The second-order valence-electron chi connectivity index (χ2n) is 5.94. The summed E-state index contributed by atoms with van der Waals surface area (Å²) in [5.74, 6) is 0.950. The average Bonchev–Trinajstić information content (AvgIpc) is 2.72. The molecule has 0 aliphatic rings. The van der Waals surface area contributed by atoms with Crippen LogP contribution >= 0.6 is 0 Å². The molecule has 0 aliphatic heterocycles. The lowest BCUT2D eigenvalue weighted by Gasteiger charge is -2.05. The Kier molecular flexibility index (Phi) is 5.94. The molecule has 2 aromatic carbocycles. The number of methoxy groups -OCH3 is 1. The van der Waals surface area contributed by atoms with Gasteiger partial charge in [-0.1, -0.05) is 30.3 Å². The minimum Gasteiger partial charge on any atom is -0.497 e. The number of amides is 1. The smallest absolute Gasteiger partial charge is 0.273 e. The van der Waals surface area contributed by atoms with E-state index < -0.39 is 0 Å². The normalized spacial score (nSPS) is 10.4. The monoisotopic (exact) mass is 364 g/mol. The molecule has 3 aromatic rings. The fourth-order valence-electron chi connectivity index (χ4n) is 2.52. The molecule has 3 rings (SSSR count). The third kappa shape index (κ3) is 5.01. The summed E-state index contributed by atoms with van der Waals surface area (Å²) in [4.78, 5) is 26.9. The summed E-state index contributed by atoms with van der Waals surface area (Å²) in [7, 11) is 1.58. The van der Waals surface area contributed by atoms with E-state index in [1.165, 1.54) is 0 Å². The Morgan fingerprint density at radius 3 is 2.48 bits per heavy atom. The van der Waals surface area contributed by atoms with Crippen LogP contribution in [0.1, 0.15) is 17.7 Å². The summed E-state index contributed by atoms with van der Waals surface area (Å²) >= 11 is 0. The molecular weight excluding hydrogens is 344 g/mol. The zero-order chi connectivity index (χ0) is 19.1. The Morgan fingerprint density at radius 1 is 1.07 bits per heavy atom. The van der Waals surface area contributed by atoms with Gasteiger partial charge < -0.3 is 15.0 Å². The van der Waals surface area contributed by atoms with Crippen molar-refractivity contribution in [1.82, 2.24) is 20.5 Å². The van der Waals surface area contributed by atoms with Crippen LogP contribution in [-0.4, -0.2) is 28.2 Å². The minimum absolute atomic E-state index is 0.140. The lowest BCUT2D eigenvalue weighted by molar-refractivity contribution is -0.121. The van der Waals surface area contributed by atoms with Crippen molar-refractivity contribution in [3.8, 4) is 17.1 Å². The second kappa shape index (κ2) is 8.75. The molecule has 0 spiro atoms. The number of ether oxygens (including phenoxy) is 1. The van der Waals surface area contributed by atoms with Gasteiger partial charge in [-0.3, -0.25) is 9.59 Å². The molecule has 1 aromatic heterocycles. The van der Waals surface area contributed by atoms with Gasteiger partial charge in [0, 0.05) is 24.9 Å². The molecule has 0 saturated carbocycles. The summed E-state index contributed by atoms with van der Waals surface area (Å²) in [5, 5.41) is 10.9. The van der Waals surface area contributed by atoms with Crippen molar-refractivity contribution in [2.24, 2.45) is 0 Å². The number of benzene rings is 2.